The molecule has 1 saturated heterocycles. The molecule has 1 aliphatic carbocycles. The van der Waals surface area contributed by atoms with Crippen molar-refractivity contribution in [3.8, 4) is 0 Å². The molecule has 1 aromatic carbocycles. The quantitative estimate of drug-likeness (QED) is 0.700. The van der Waals surface area contributed by atoms with E-state index in [0.29, 0.717) is 30.3 Å². The molecule has 2 aliphatic rings. The molecule has 144 valence electrons. The molecule has 0 spiro atoms. The summed E-state index contributed by atoms with van der Waals surface area (Å²) in [6.45, 7) is 7.58. The third-order valence-electron chi connectivity index (χ3n) is 5.41. The summed E-state index contributed by atoms with van der Waals surface area (Å²) in [6, 6.07) is 9.20. The summed E-state index contributed by atoms with van der Waals surface area (Å²) < 4.78 is 5.66. The van der Waals surface area contributed by atoms with Gasteiger partial charge >= 0.3 is 0 Å². The van der Waals surface area contributed by atoms with Gasteiger partial charge in [-0.2, -0.15) is 0 Å². The van der Waals surface area contributed by atoms with Gasteiger partial charge in [-0.3, -0.25) is 4.79 Å². The molecular weight excluding hydrogens is 326 g/mol. The highest BCUT2D eigenvalue weighted by Crippen LogP contribution is 2.29. The Morgan fingerprint density at radius 1 is 1.35 bits per heavy atom. The Balaban J connectivity index is 1.52. The molecular formula is C21H33N3O2. The topological polar surface area (TPSA) is 62.4 Å². The Bertz CT molecular complexity index is 584. The van der Waals surface area contributed by atoms with Crippen LogP contribution in [0.5, 0.6) is 0 Å². The number of hydrogen-bond donors (Lipinski definition) is 3. The molecule has 0 bridgehead atoms. The van der Waals surface area contributed by atoms with Gasteiger partial charge in [0, 0.05) is 37.3 Å². The third kappa shape index (κ3) is 5.53. The monoisotopic (exact) mass is 359 g/mol. The van der Waals surface area contributed by atoms with E-state index in [1.807, 2.05) is 12.1 Å². The molecule has 3 N–H and O–H groups in total. The van der Waals surface area contributed by atoms with Crippen LogP contribution in [0.4, 0.5) is 5.69 Å². The number of hydrogen-bond acceptors (Lipinski definition) is 4. The molecule has 1 aromatic rings. The highest BCUT2D eigenvalue weighted by molar-refractivity contribution is 5.90. The predicted molar refractivity (Wildman–Crippen MR) is 105 cm³/mol. The number of amides is 1. The second-order valence-corrected chi connectivity index (χ2v) is 8.06. The smallest absolute Gasteiger partial charge is 0.224 e. The normalized spacial score (nSPS) is 26.2. The van der Waals surface area contributed by atoms with Crippen LogP contribution in [-0.2, 0) is 16.1 Å². The lowest BCUT2D eigenvalue weighted by molar-refractivity contribution is -0.116. The van der Waals surface area contributed by atoms with Crippen molar-refractivity contribution in [3.63, 3.8) is 0 Å². The fraction of sp³-hybridized carbons (Fsp3) is 0.667. The van der Waals surface area contributed by atoms with Crippen molar-refractivity contribution in [3.05, 3.63) is 29.8 Å². The van der Waals surface area contributed by atoms with Gasteiger partial charge in [0.25, 0.3) is 0 Å². The standard InChI is InChI=1S/C21H33N3O2/c1-15(2)11-21(25)24-17-6-3-5-16(12-17)13-23-19-8-4-7-18(19)20-14-26-10-9-22-20/h3,5-6,12,15,18-20,22-23H,4,7-11,13-14H2,1-2H3,(H,24,25). The van der Waals surface area contributed by atoms with Gasteiger partial charge in [-0.15, -0.1) is 0 Å². The minimum Gasteiger partial charge on any atom is -0.379 e. The number of carbonyl (C=O) groups is 1. The van der Waals surface area contributed by atoms with E-state index in [-0.39, 0.29) is 5.91 Å². The van der Waals surface area contributed by atoms with Crippen LogP contribution in [0.3, 0.4) is 0 Å². The maximum atomic E-state index is 12.0. The van der Waals surface area contributed by atoms with Gasteiger partial charge in [0.2, 0.25) is 5.91 Å². The minimum absolute atomic E-state index is 0.0874. The van der Waals surface area contributed by atoms with Crippen LogP contribution >= 0.6 is 0 Å². The van der Waals surface area contributed by atoms with Crippen molar-refractivity contribution in [1.82, 2.24) is 10.6 Å². The van der Waals surface area contributed by atoms with Crippen LogP contribution < -0.4 is 16.0 Å². The Morgan fingerprint density at radius 2 is 2.23 bits per heavy atom. The summed E-state index contributed by atoms with van der Waals surface area (Å²) in [4.78, 5) is 12.0. The van der Waals surface area contributed by atoms with E-state index in [2.05, 4.69) is 41.9 Å². The summed E-state index contributed by atoms with van der Waals surface area (Å²) in [5.74, 6) is 1.10. The molecule has 3 atom stereocenters. The van der Waals surface area contributed by atoms with Gasteiger partial charge < -0.3 is 20.7 Å². The number of carbonyl (C=O) groups excluding carboxylic acids is 1. The van der Waals surface area contributed by atoms with Gasteiger partial charge in [0.1, 0.15) is 0 Å². The van der Waals surface area contributed by atoms with Crippen LogP contribution in [0.2, 0.25) is 0 Å². The van der Waals surface area contributed by atoms with Crippen LogP contribution in [0.15, 0.2) is 24.3 Å². The van der Waals surface area contributed by atoms with Crippen molar-refractivity contribution in [2.75, 3.05) is 25.1 Å². The number of anilines is 1. The highest BCUT2D eigenvalue weighted by atomic mass is 16.5. The first-order valence-electron chi connectivity index (χ1n) is 10.0. The Labute approximate surface area is 157 Å². The van der Waals surface area contributed by atoms with Gasteiger partial charge in [-0.25, -0.2) is 0 Å². The van der Waals surface area contributed by atoms with E-state index in [9.17, 15) is 4.79 Å². The zero-order valence-electron chi connectivity index (χ0n) is 16.1. The molecule has 0 radical (unpaired) electrons. The van der Waals surface area contributed by atoms with Crippen molar-refractivity contribution in [1.29, 1.82) is 0 Å². The van der Waals surface area contributed by atoms with E-state index in [0.717, 1.165) is 32.0 Å². The Hall–Kier alpha value is -1.43. The molecule has 2 fully saturated rings. The highest BCUT2D eigenvalue weighted by Gasteiger charge is 2.34. The molecule has 1 amide bonds. The maximum absolute atomic E-state index is 12.0. The summed E-state index contributed by atoms with van der Waals surface area (Å²) in [5, 5.41) is 10.4. The van der Waals surface area contributed by atoms with Crippen LogP contribution in [0.25, 0.3) is 0 Å². The van der Waals surface area contributed by atoms with Crippen molar-refractivity contribution >= 4 is 11.6 Å². The molecule has 1 saturated carbocycles. The zero-order valence-corrected chi connectivity index (χ0v) is 16.1. The molecule has 5 nitrogen and oxygen atoms in total. The van der Waals surface area contributed by atoms with E-state index < -0.39 is 0 Å². The zero-order chi connectivity index (χ0) is 18.4. The fourth-order valence-electron chi connectivity index (χ4n) is 4.18. The first-order chi connectivity index (χ1) is 12.6. The second-order valence-electron chi connectivity index (χ2n) is 8.06. The fourth-order valence-corrected chi connectivity index (χ4v) is 4.18. The van der Waals surface area contributed by atoms with E-state index in [1.165, 1.54) is 24.8 Å². The van der Waals surface area contributed by atoms with Gasteiger partial charge in [0.05, 0.1) is 13.2 Å². The van der Waals surface area contributed by atoms with Gasteiger partial charge in [-0.05, 0) is 42.4 Å². The molecule has 0 aromatic heterocycles. The maximum Gasteiger partial charge on any atom is 0.224 e. The summed E-state index contributed by atoms with van der Waals surface area (Å²) in [6.07, 6.45) is 4.34. The van der Waals surface area contributed by atoms with E-state index >= 15 is 0 Å². The van der Waals surface area contributed by atoms with E-state index in [1.54, 1.807) is 0 Å². The van der Waals surface area contributed by atoms with Gasteiger partial charge in [0.15, 0.2) is 0 Å². The van der Waals surface area contributed by atoms with Crippen molar-refractivity contribution < 1.29 is 9.53 Å². The number of ether oxygens (including phenoxy) is 1. The molecule has 3 unspecified atom stereocenters. The average molecular weight is 360 g/mol. The van der Waals surface area contributed by atoms with Crippen molar-refractivity contribution in [2.45, 2.75) is 58.2 Å². The summed E-state index contributed by atoms with van der Waals surface area (Å²) >= 11 is 0. The summed E-state index contributed by atoms with van der Waals surface area (Å²) in [5.41, 5.74) is 2.10. The average Bonchev–Trinajstić information content (AvgIpc) is 3.09. The SMILES string of the molecule is CC(C)CC(=O)Nc1cccc(CNC2CCCC2C2COCCN2)c1. The first kappa shape index (κ1) is 19.3. The third-order valence-corrected chi connectivity index (χ3v) is 5.41. The van der Waals surface area contributed by atoms with Crippen LogP contribution in [-0.4, -0.2) is 37.7 Å². The second kappa shape index (κ2) is 9.49. The molecule has 26 heavy (non-hydrogen) atoms. The number of nitrogens with one attached hydrogen (secondary N) is 3. The lowest BCUT2D eigenvalue weighted by atomic mass is 9.94. The Kier molecular flexibility index (Phi) is 7.06. The lowest BCUT2D eigenvalue weighted by Crippen LogP contribution is -2.50. The number of morpholine rings is 1. The lowest BCUT2D eigenvalue weighted by Gasteiger charge is -2.33. The molecule has 3 rings (SSSR count). The molecule has 1 heterocycles. The van der Waals surface area contributed by atoms with Crippen LogP contribution in [0, 0.1) is 11.8 Å². The minimum atomic E-state index is 0.0874. The largest absolute Gasteiger partial charge is 0.379 e. The molecule has 1 aliphatic heterocycles. The van der Waals surface area contributed by atoms with E-state index in [4.69, 9.17) is 4.74 Å². The molecule has 5 heteroatoms. The summed E-state index contributed by atoms with van der Waals surface area (Å²) in [7, 11) is 0. The number of benzene rings is 1. The van der Waals surface area contributed by atoms with Gasteiger partial charge in [-0.1, -0.05) is 32.4 Å². The Morgan fingerprint density at radius 3 is 3.00 bits per heavy atom. The number of rotatable bonds is 7. The van der Waals surface area contributed by atoms with Crippen molar-refractivity contribution in [2.24, 2.45) is 11.8 Å². The van der Waals surface area contributed by atoms with Crippen LogP contribution in [0.1, 0.15) is 45.1 Å². The first-order valence-corrected chi connectivity index (χ1v) is 10.0. The predicted octanol–water partition coefficient (Wildman–Crippen LogP) is 2.92.